The summed E-state index contributed by atoms with van der Waals surface area (Å²) in [5.41, 5.74) is 6.17. The number of pyridine rings is 1. The fraction of sp³-hybridized carbons (Fsp3) is 0.0769. The first-order chi connectivity index (χ1) is 7.86. The Morgan fingerprint density at radius 2 is 2.06 bits per heavy atom. The lowest BCUT2D eigenvalue weighted by molar-refractivity contribution is 1.29. The van der Waals surface area contributed by atoms with Crippen LogP contribution in [0, 0.1) is 6.92 Å². The Hall–Kier alpha value is -2.16. The molecule has 0 bridgehead atoms. The van der Waals surface area contributed by atoms with Crippen LogP contribution in [0.4, 0.5) is 5.69 Å². The van der Waals surface area contributed by atoms with E-state index in [0.717, 1.165) is 11.3 Å². The summed E-state index contributed by atoms with van der Waals surface area (Å²) >= 11 is 0. The number of benzene rings is 1. The molecule has 0 unspecified atom stereocenters. The van der Waals surface area contributed by atoms with E-state index < -0.39 is 0 Å². The normalized spacial score (nSPS) is 10.6. The van der Waals surface area contributed by atoms with Gasteiger partial charge in [-0.15, -0.1) is 0 Å². The number of nitrogens with one attached hydrogen (secondary N) is 1. The molecule has 1 aromatic carbocycles. The molecule has 0 aliphatic rings. The molecule has 0 fully saturated rings. The van der Waals surface area contributed by atoms with E-state index in [-0.39, 0.29) is 0 Å². The van der Waals surface area contributed by atoms with Crippen molar-refractivity contribution in [3.8, 4) is 0 Å². The van der Waals surface area contributed by atoms with Crippen molar-refractivity contribution in [1.82, 2.24) is 4.98 Å². The average Bonchev–Trinajstić information content (AvgIpc) is 2.33. The van der Waals surface area contributed by atoms with Crippen LogP contribution < -0.4 is 5.43 Å². The Morgan fingerprint density at radius 3 is 2.81 bits per heavy atom. The summed E-state index contributed by atoms with van der Waals surface area (Å²) in [7, 11) is 0. The number of nitrogens with zero attached hydrogens (tertiary/aromatic N) is 2. The van der Waals surface area contributed by atoms with Gasteiger partial charge in [-0.3, -0.25) is 10.4 Å². The standard InChI is InChI=1S/C13H13N3/c1-11-5-2-3-7-13(11)16-15-10-12-6-4-8-14-9-12/h2-10,16H,1H3/b15-10+. The van der Waals surface area contributed by atoms with Gasteiger partial charge in [0.1, 0.15) is 0 Å². The first-order valence-corrected chi connectivity index (χ1v) is 5.11. The van der Waals surface area contributed by atoms with Crippen LogP contribution in [0.5, 0.6) is 0 Å². The van der Waals surface area contributed by atoms with E-state index in [1.54, 1.807) is 18.6 Å². The number of hydrogen-bond donors (Lipinski definition) is 1. The van der Waals surface area contributed by atoms with Gasteiger partial charge in [0.25, 0.3) is 0 Å². The Bertz CT molecular complexity index is 478. The second-order valence-electron chi connectivity index (χ2n) is 3.47. The van der Waals surface area contributed by atoms with Gasteiger partial charge >= 0.3 is 0 Å². The molecule has 0 saturated heterocycles. The maximum atomic E-state index is 4.16. The van der Waals surface area contributed by atoms with Gasteiger partial charge in [0, 0.05) is 18.0 Å². The second kappa shape index (κ2) is 5.07. The number of anilines is 1. The van der Waals surface area contributed by atoms with Gasteiger partial charge in [-0.05, 0) is 24.6 Å². The highest BCUT2D eigenvalue weighted by atomic mass is 15.3. The number of hydrogen-bond acceptors (Lipinski definition) is 3. The van der Waals surface area contributed by atoms with Crippen LogP contribution in [0.15, 0.2) is 53.9 Å². The van der Waals surface area contributed by atoms with Crippen molar-refractivity contribution >= 4 is 11.9 Å². The molecule has 2 aromatic rings. The van der Waals surface area contributed by atoms with Gasteiger partial charge in [0.05, 0.1) is 11.9 Å². The highest BCUT2D eigenvalue weighted by Crippen LogP contribution is 2.12. The predicted octanol–water partition coefficient (Wildman–Crippen LogP) is 2.84. The first kappa shape index (κ1) is 10.4. The fourth-order valence-corrected chi connectivity index (χ4v) is 1.33. The van der Waals surface area contributed by atoms with Crippen molar-refractivity contribution in [3.63, 3.8) is 0 Å². The molecule has 0 amide bonds. The SMILES string of the molecule is Cc1ccccc1N/N=C/c1cccnc1. The highest BCUT2D eigenvalue weighted by Gasteiger charge is 1.92. The molecule has 0 aliphatic heterocycles. The third-order valence-electron chi connectivity index (χ3n) is 2.23. The zero-order chi connectivity index (χ0) is 11.2. The van der Waals surface area contributed by atoms with E-state index >= 15 is 0 Å². The summed E-state index contributed by atoms with van der Waals surface area (Å²) in [5, 5.41) is 4.16. The molecule has 0 radical (unpaired) electrons. The van der Waals surface area contributed by atoms with Gasteiger partial charge < -0.3 is 0 Å². The van der Waals surface area contributed by atoms with E-state index in [4.69, 9.17) is 0 Å². The third kappa shape index (κ3) is 2.67. The van der Waals surface area contributed by atoms with E-state index in [1.165, 1.54) is 5.56 Å². The molecule has 1 aromatic heterocycles. The predicted molar refractivity (Wildman–Crippen MR) is 66.6 cm³/mol. The van der Waals surface area contributed by atoms with Crippen LogP contribution in [0.25, 0.3) is 0 Å². The Balaban J connectivity index is 2.03. The summed E-state index contributed by atoms with van der Waals surface area (Å²) < 4.78 is 0. The van der Waals surface area contributed by atoms with Crippen molar-refractivity contribution in [2.24, 2.45) is 5.10 Å². The molecule has 1 N–H and O–H groups in total. The second-order valence-corrected chi connectivity index (χ2v) is 3.47. The van der Waals surface area contributed by atoms with E-state index in [9.17, 15) is 0 Å². The first-order valence-electron chi connectivity index (χ1n) is 5.11. The number of aromatic nitrogens is 1. The lowest BCUT2D eigenvalue weighted by Gasteiger charge is -2.02. The lowest BCUT2D eigenvalue weighted by Crippen LogP contribution is -1.92. The Kier molecular flexibility index (Phi) is 3.28. The fourth-order valence-electron chi connectivity index (χ4n) is 1.33. The molecular formula is C13H13N3. The third-order valence-corrected chi connectivity index (χ3v) is 2.23. The van der Waals surface area contributed by atoms with Crippen molar-refractivity contribution in [1.29, 1.82) is 0 Å². The molecular weight excluding hydrogens is 198 g/mol. The van der Waals surface area contributed by atoms with E-state index in [2.05, 4.69) is 15.5 Å². The van der Waals surface area contributed by atoms with Crippen LogP contribution >= 0.6 is 0 Å². The molecule has 1 heterocycles. The molecule has 3 heteroatoms. The van der Waals surface area contributed by atoms with Crippen molar-refractivity contribution in [3.05, 3.63) is 59.9 Å². The Labute approximate surface area is 94.9 Å². The van der Waals surface area contributed by atoms with Crippen LogP contribution in [0.2, 0.25) is 0 Å². The summed E-state index contributed by atoms with van der Waals surface area (Å²) in [6.07, 6.45) is 5.26. The summed E-state index contributed by atoms with van der Waals surface area (Å²) in [4.78, 5) is 4.01. The molecule has 2 rings (SSSR count). The monoisotopic (exact) mass is 211 g/mol. The van der Waals surface area contributed by atoms with Gasteiger partial charge in [-0.1, -0.05) is 24.3 Å². The van der Waals surface area contributed by atoms with Gasteiger partial charge in [-0.2, -0.15) is 5.10 Å². The summed E-state index contributed by atoms with van der Waals surface area (Å²) in [6.45, 7) is 2.04. The van der Waals surface area contributed by atoms with Gasteiger partial charge in [-0.25, -0.2) is 0 Å². The Morgan fingerprint density at radius 1 is 1.19 bits per heavy atom. The maximum Gasteiger partial charge on any atom is 0.0590 e. The number of rotatable bonds is 3. The quantitative estimate of drug-likeness (QED) is 0.626. The van der Waals surface area contributed by atoms with Crippen molar-refractivity contribution in [2.75, 3.05) is 5.43 Å². The highest BCUT2D eigenvalue weighted by molar-refractivity contribution is 5.79. The van der Waals surface area contributed by atoms with Crippen LogP contribution in [-0.2, 0) is 0 Å². The number of para-hydroxylation sites is 1. The van der Waals surface area contributed by atoms with Gasteiger partial charge in [0.2, 0.25) is 0 Å². The minimum absolute atomic E-state index is 0.976. The van der Waals surface area contributed by atoms with Crippen LogP contribution in [0.1, 0.15) is 11.1 Å². The summed E-state index contributed by atoms with van der Waals surface area (Å²) in [5.74, 6) is 0. The smallest absolute Gasteiger partial charge is 0.0590 e. The summed E-state index contributed by atoms with van der Waals surface area (Å²) in [6, 6.07) is 11.9. The van der Waals surface area contributed by atoms with Crippen LogP contribution in [-0.4, -0.2) is 11.2 Å². The number of aryl methyl sites for hydroxylation is 1. The molecule has 0 aliphatic carbocycles. The zero-order valence-corrected chi connectivity index (χ0v) is 9.09. The van der Waals surface area contributed by atoms with E-state index in [0.29, 0.717) is 0 Å². The van der Waals surface area contributed by atoms with Crippen LogP contribution in [0.3, 0.4) is 0 Å². The minimum atomic E-state index is 0.976. The van der Waals surface area contributed by atoms with Gasteiger partial charge in [0.15, 0.2) is 0 Å². The average molecular weight is 211 g/mol. The largest absolute Gasteiger partial charge is 0.278 e. The van der Waals surface area contributed by atoms with E-state index in [1.807, 2.05) is 43.3 Å². The minimum Gasteiger partial charge on any atom is -0.278 e. The maximum absolute atomic E-state index is 4.16. The lowest BCUT2D eigenvalue weighted by atomic mass is 10.2. The molecule has 3 nitrogen and oxygen atoms in total. The topological polar surface area (TPSA) is 37.3 Å². The van der Waals surface area contributed by atoms with Crippen molar-refractivity contribution < 1.29 is 0 Å². The molecule has 80 valence electrons. The van der Waals surface area contributed by atoms with Crippen molar-refractivity contribution in [2.45, 2.75) is 6.92 Å². The molecule has 0 saturated carbocycles. The molecule has 0 atom stereocenters. The molecule has 0 spiro atoms. The number of hydrazone groups is 1. The molecule has 16 heavy (non-hydrogen) atoms. The zero-order valence-electron chi connectivity index (χ0n) is 9.09.